The van der Waals surface area contributed by atoms with E-state index in [2.05, 4.69) is 171 Å². The van der Waals surface area contributed by atoms with Crippen LogP contribution in [0.3, 0.4) is 0 Å². The molecule has 4 aromatic carbocycles. The van der Waals surface area contributed by atoms with Crippen LogP contribution in [0.4, 0.5) is 34.5 Å². The molecule has 6 rings (SSSR count). The molecule has 0 saturated heterocycles. The predicted octanol–water partition coefficient (Wildman–Crippen LogP) is 13.0. The van der Waals surface area contributed by atoms with E-state index in [1.54, 1.807) is 0 Å². The summed E-state index contributed by atoms with van der Waals surface area (Å²) in [6.45, 7) is 9.78. The van der Waals surface area contributed by atoms with E-state index in [4.69, 9.17) is 0 Å². The van der Waals surface area contributed by atoms with Gasteiger partial charge in [-0.15, -0.1) is 0 Å². The fourth-order valence-corrected chi connectivity index (χ4v) is 5.98. The molecule has 12 heteroatoms. The van der Waals surface area contributed by atoms with Crippen molar-refractivity contribution in [2.45, 2.75) is 59.9 Å². The molecule has 2 aromatic heterocycles. The molecule has 2 nitrogen and oxygen atoms in total. The summed E-state index contributed by atoms with van der Waals surface area (Å²) in [5.41, 5.74) is 14.5. The summed E-state index contributed by atoms with van der Waals surface area (Å²) in [5, 5.41) is 0. The minimum absolute atomic E-state index is 1.09. The highest BCUT2D eigenvalue weighted by molar-refractivity contribution is 6.50. The van der Waals surface area contributed by atoms with Gasteiger partial charge in [0.25, 0.3) is 0 Å². The number of hydrogen-bond donors (Lipinski definition) is 0. The van der Waals surface area contributed by atoms with Crippen molar-refractivity contribution in [3.63, 3.8) is 0 Å². The Balaban J connectivity index is 0.000000599. The number of pyridine rings is 2. The maximum Gasteiger partial charge on any atom is 0.673 e. The number of benzene rings is 4. The minimum Gasteiger partial charge on any atom is -0.418 e. The molecular weight excluding hydrogens is 718 g/mol. The number of halogens is 8. The maximum absolute atomic E-state index is 9.75. The van der Waals surface area contributed by atoms with E-state index in [-0.39, 0.29) is 0 Å². The van der Waals surface area contributed by atoms with E-state index in [0.29, 0.717) is 0 Å². The Labute approximate surface area is 318 Å². The zero-order chi connectivity index (χ0) is 40.2. The Hall–Kier alpha value is -5.25. The standard InChI is InChI=1S/C43H44N2.2BF4/c1-5-6-7-8-27-44-28-25-37(26-29-44)35-19-21-36(22-20-35)40-30-42(38-15-9-32(2)10-16-38)45(41-23-13-34(4)14-24-41)43(31-40)39-17-11-33(3)12-18-39;2*2-1(3,4)5/h9-26,28-31H,5-8,27H2,1-4H3;;/q+2;2*-1. The van der Waals surface area contributed by atoms with E-state index < -0.39 is 14.5 Å². The van der Waals surface area contributed by atoms with Crippen molar-refractivity contribution in [1.29, 1.82) is 0 Å². The van der Waals surface area contributed by atoms with Crippen molar-refractivity contribution in [3.8, 4) is 50.5 Å². The molecule has 0 radical (unpaired) electrons. The van der Waals surface area contributed by atoms with Crippen molar-refractivity contribution < 1.29 is 43.7 Å². The number of rotatable bonds is 10. The monoisotopic (exact) mass is 762 g/mol. The third-order valence-electron chi connectivity index (χ3n) is 8.77. The quantitative estimate of drug-likeness (QED) is 0.0568. The van der Waals surface area contributed by atoms with Crippen LogP contribution in [0, 0.1) is 20.8 Å². The summed E-state index contributed by atoms with van der Waals surface area (Å²) in [6, 6.07) is 44.9. The second kappa shape index (κ2) is 19.4. The van der Waals surface area contributed by atoms with Gasteiger partial charge >= 0.3 is 14.5 Å². The molecule has 0 bridgehead atoms. The summed E-state index contributed by atoms with van der Waals surface area (Å²) < 4.78 is 82.7. The number of hydrogen-bond acceptors (Lipinski definition) is 0. The molecular formula is C43H44B2F8N2. The average Bonchev–Trinajstić information content (AvgIpc) is 3.13. The van der Waals surface area contributed by atoms with E-state index in [1.165, 1.54) is 87.1 Å². The number of nitrogens with zero attached hydrogens (tertiary/aromatic N) is 2. The van der Waals surface area contributed by atoms with Crippen LogP contribution in [0.5, 0.6) is 0 Å². The second-order valence-corrected chi connectivity index (χ2v) is 13.4. The molecule has 0 atom stereocenters. The first kappa shape index (κ1) is 42.5. The Kier molecular flexibility index (Phi) is 15.0. The van der Waals surface area contributed by atoms with Gasteiger partial charge in [0.05, 0.1) is 0 Å². The fourth-order valence-electron chi connectivity index (χ4n) is 5.98. The van der Waals surface area contributed by atoms with Gasteiger partial charge in [0.1, 0.15) is 6.54 Å². The van der Waals surface area contributed by atoms with Crippen LogP contribution in [0.15, 0.2) is 134 Å². The van der Waals surface area contributed by atoms with Crippen molar-refractivity contribution >= 4 is 14.5 Å². The van der Waals surface area contributed by atoms with Crippen LogP contribution in [0.2, 0.25) is 0 Å². The molecule has 0 spiro atoms. The average molecular weight is 762 g/mol. The smallest absolute Gasteiger partial charge is 0.418 e. The normalized spacial score (nSPS) is 11.3. The van der Waals surface area contributed by atoms with E-state index in [9.17, 15) is 34.5 Å². The highest BCUT2D eigenvalue weighted by Gasteiger charge is 2.25. The lowest BCUT2D eigenvalue weighted by Crippen LogP contribution is -2.36. The highest BCUT2D eigenvalue weighted by Crippen LogP contribution is 2.32. The molecule has 288 valence electrons. The molecule has 2 heterocycles. The zero-order valence-corrected chi connectivity index (χ0v) is 31.3. The molecule has 0 unspecified atom stereocenters. The largest absolute Gasteiger partial charge is 0.673 e. The second-order valence-electron chi connectivity index (χ2n) is 13.4. The molecule has 0 saturated carbocycles. The van der Waals surface area contributed by atoms with Gasteiger partial charge in [0, 0.05) is 53.9 Å². The van der Waals surface area contributed by atoms with Crippen LogP contribution in [0.25, 0.3) is 50.5 Å². The van der Waals surface area contributed by atoms with Crippen molar-refractivity contribution in [1.82, 2.24) is 0 Å². The molecule has 0 amide bonds. The van der Waals surface area contributed by atoms with Crippen LogP contribution in [-0.4, -0.2) is 14.5 Å². The lowest BCUT2D eigenvalue weighted by atomic mass is 9.96. The van der Waals surface area contributed by atoms with Crippen LogP contribution >= 0.6 is 0 Å². The first-order valence-corrected chi connectivity index (χ1v) is 18.1. The zero-order valence-electron chi connectivity index (χ0n) is 31.3. The van der Waals surface area contributed by atoms with Crippen LogP contribution in [0.1, 0.15) is 49.3 Å². The summed E-state index contributed by atoms with van der Waals surface area (Å²) in [4.78, 5) is 0. The molecule has 55 heavy (non-hydrogen) atoms. The molecule has 0 aliphatic rings. The van der Waals surface area contributed by atoms with Gasteiger partial charge < -0.3 is 34.5 Å². The summed E-state index contributed by atoms with van der Waals surface area (Å²) in [7, 11) is -12.0. The summed E-state index contributed by atoms with van der Waals surface area (Å²) in [5.74, 6) is 0. The van der Waals surface area contributed by atoms with Gasteiger partial charge in [-0.3, -0.25) is 0 Å². The Bertz CT molecular complexity index is 1990. The molecule has 0 aliphatic carbocycles. The van der Waals surface area contributed by atoms with Gasteiger partial charge in [0.2, 0.25) is 17.1 Å². The lowest BCUT2D eigenvalue weighted by molar-refractivity contribution is -0.697. The Morgan fingerprint density at radius 3 is 1.16 bits per heavy atom. The van der Waals surface area contributed by atoms with E-state index >= 15 is 0 Å². The van der Waals surface area contributed by atoms with Crippen molar-refractivity contribution in [3.05, 3.63) is 150 Å². The number of aryl methyl sites for hydroxylation is 4. The number of unbranched alkanes of at least 4 members (excludes halogenated alkanes) is 3. The van der Waals surface area contributed by atoms with Crippen molar-refractivity contribution in [2.75, 3.05) is 0 Å². The van der Waals surface area contributed by atoms with Crippen molar-refractivity contribution in [2.24, 2.45) is 0 Å². The van der Waals surface area contributed by atoms with E-state index in [0.717, 1.165) is 12.2 Å². The highest BCUT2D eigenvalue weighted by atomic mass is 19.5. The minimum atomic E-state index is -6.00. The van der Waals surface area contributed by atoms with Gasteiger partial charge in [-0.05, 0) is 73.7 Å². The molecule has 6 aromatic rings. The fraction of sp³-hybridized carbons (Fsp3) is 0.209. The molecule has 0 aliphatic heterocycles. The van der Waals surface area contributed by atoms with E-state index in [1.807, 2.05) is 0 Å². The maximum atomic E-state index is 9.75. The Morgan fingerprint density at radius 2 is 0.764 bits per heavy atom. The van der Waals surface area contributed by atoms with Gasteiger partial charge in [-0.25, -0.2) is 4.57 Å². The first-order valence-electron chi connectivity index (χ1n) is 18.1. The Morgan fingerprint density at radius 1 is 0.418 bits per heavy atom. The third kappa shape index (κ3) is 14.2. The van der Waals surface area contributed by atoms with Gasteiger partial charge in [-0.2, -0.15) is 4.57 Å². The third-order valence-corrected chi connectivity index (χ3v) is 8.77. The molecule has 0 N–H and O–H groups in total. The topological polar surface area (TPSA) is 7.76 Å². The SMILES string of the molecule is CCCCCC[n+]1ccc(-c2ccc(-c3cc(-c4ccc(C)cc4)[n+](-c4ccc(C)cc4)c(-c4ccc(C)cc4)c3)cc2)cc1.F[B-](F)(F)F.F[B-](F)(F)F. The summed E-state index contributed by atoms with van der Waals surface area (Å²) >= 11 is 0. The first-order chi connectivity index (χ1) is 26.0. The summed E-state index contributed by atoms with van der Waals surface area (Å²) in [6.07, 6.45) is 9.57. The lowest BCUT2D eigenvalue weighted by Gasteiger charge is -2.13. The predicted molar refractivity (Wildman–Crippen MR) is 209 cm³/mol. The van der Waals surface area contributed by atoms with Gasteiger partial charge in [-0.1, -0.05) is 97.1 Å². The molecule has 0 fully saturated rings. The van der Waals surface area contributed by atoms with Crippen LogP contribution < -0.4 is 9.13 Å². The number of aromatic nitrogens is 2. The van der Waals surface area contributed by atoms with Crippen LogP contribution in [-0.2, 0) is 6.54 Å². The van der Waals surface area contributed by atoms with Gasteiger partial charge in [0.15, 0.2) is 12.4 Å².